The number of methoxy groups -OCH3 is 1. The Morgan fingerprint density at radius 2 is 1.91 bits per heavy atom. The molecule has 0 radical (unpaired) electrons. The second kappa shape index (κ2) is 4.36. The summed E-state index contributed by atoms with van der Waals surface area (Å²) in [5.41, 5.74) is 0. The van der Waals surface area contributed by atoms with Crippen LogP contribution in [0.4, 0.5) is 4.79 Å². The maximum absolute atomic E-state index is 10.4. The van der Waals surface area contributed by atoms with E-state index < -0.39 is 15.1 Å². The number of ether oxygens (including phenoxy) is 1. The molecule has 0 unspecified atom stereocenters. The molecule has 0 aliphatic heterocycles. The van der Waals surface area contributed by atoms with Crippen LogP contribution in [0.3, 0.4) is 0 Å². The SMILES string of the molecule is COC(=O)/N=C(\Cl)C(Cl)(Cl)Cl. The molecule has 3 nitrogen and oxygen atoms in total. The van der Waals surface area contributed by atoms with Gasteiger partial charge in [0.25, 0.3) is 0 Å². The van der Waals surface area contributed by atoms with Crippen LogP contribution in [0.2, 0.25) is 0 Å². The molecule has 7 heteroatoms. The summed E-state index contributed by atoms with van der Waals surface area (Å²) < 4.78 is 2.25. The number of hydrogen-bond donors (Lipinski definition) is 0. The van der Waals surface area contributed by atoms with E-state index in [1.807, 2.05) is 0 Å². The third kappa shape index (κ3) is 4.69. The number of hydrogen-bond acceptors (Lipinski definition) is 2. The number of carbonyl (C=O) groups excluding carboxylic acids is 1. The van der Waals surface area contributed by atoms with Gasteiger partial charge in [-0.15, -0.1) is 0 Å². The molecule has 64 valence electrons. The summed E-state index contributed by atoms with van der Waals surface area (Å²) in [6.07, 6.45) is -0.915. The van der Waals surface area contributed by atoms with Crippen LogP contribution in [0.5, 0.6) is 0 Å². The lowest BCUT2D eigenvalue weighted by molar-refractivity contribution is 0.182. The highest BCUT2D eigenvalue weighted by atomic mass is 35.6. The lowest BCUT2D eigenvalue weighted by atomic mass is 10.8. The van der Waals surface area contributed by atoms with E-state index >= 15 is 0 Å². The molecule has 0 bridgehead atoms. The van der Waals surface area contributed by atoms with Crippen LogP contribution in [0.1, 0.15) is 0 Å². The lowest BCUT2D eigenvalue weighted by Gasteiger charge is -2.05. The minimum absolute atomic E-state index is 0.450. The molecule has 0 fully saturated rings. The third-order valence-corrected chi connectivity index (χ3v) is 1.79. The Bertz CT molecular complexity index is 185. The van der Waals surface area contributed by atoms with Crippen molar-refractivity contribution < 1.29 is 9.53 Å². The fraction of sp³-hybridized carbons (Fsp3) is 0.500. The van der Waals surface area contributed by atoms with E-state index in [0.717, 1.165) is 7.11 Å². The second-order valence-corrected chi connectivity index (χ2v) is 4.01. The average molecular weight is 239 g/mol. The quantitative estimate of drug-likeness (QED) is 0.481. The summed E-state index contributed by atoms with van der Waals surface area (Å²) in [7, 11) is 1.13. The standard InChI is InChI=1S/C4H3Cl4NO2/c1-11-3(10)9-2(5)4(6,7)8/h1H3/b9-2-. The van der Waals surface area contributed by atoms with Crippen molar-refractivity contribution in [3.8, 4) is 0 Å². The summed E-state index contributed by atoms with van der Waals surface area (Å²) in [6, 6.07) is 0. The number of aliphatic imine (C=N–C) groups is 1. The molecule has 0 atom stereocenters. The van der Waals surface area contributed by atoms with Gasteiger partial charge in [0.15, 0.2) is 5.17 Å². The van der Waals surface area contributed by atoms with Crippen molar-refractivity contribution in [2.75, 3.05) is 7.11 Å². The number of carbonyl (C=O) groups is 1. The fourth-order valence-electron chi connectivity index (χ4n) is 0.189. The molecular weight excluding hydrogens is 236 g/mol. The summed E-state index contributed by atoms with van der Waals surface area (Å²) in [4.78, 5) is 13.5. The van der Waals surface area contributed by atoms with Gasteiger partial charge in [0.05, 0.1) is 7.11 Å². The van der Waals surface area contributed by atoms with Gasteiger partial charge in [-0.2, -0.15) is 4.99 Å². The van der Waals surface area contributed by atoms with E-state index in [4.69, 9.17) is 46.4 Å². The molecule has 0 rings (SSSR count). The van der Waals surface area contributed by atoms with Gasteiger partial charge < -0.3 is 4.74 Å². The zero-order valence-electron chi connectivity index (χ0n) is 5.28. The van der Waals surface area contributed by atoms with Crippen molar-refractivity contribution in [1.29, 1.82) is 0 Å². The molecule has 0 N–H and O–H groups in total. The molecule has 0 aromatic rings. The van der Waals surface area contributed by atoms with Crippen molar-refractivity contribution in [3.63, 3.8) is 0 Å². The maximum atomic E-state index is 10.4. The fourth-order valence-corrected chi connectivity index (χ4v) is 0.385. The highest BCUT2D eigenvalue weighted by molar-refractivity contribution is 6.89. The predicted molar refractivity (Wildman–Crippen MR) is 46.0 cm³/mol. The first-order chi connectivity index (χ1) is 4.88. The summed E-state index contributed by atoms with van der Waals surface area (Å²) in [6.45, 7) is 0. The van der Waals surface area contributed by atoms with Crippen molar-refractivity contribution in [2.24, 2.45) is 4.99 Å². The van der Waals surface area contributed by atoms with E-state index in [1.165, 1.54) is 0 Å². The second-order valence-electron chi connectivity index (χ2n) is 1.37. The van der Waals surface area contributed by atoms with E-state index in [9.17, 15) is 4.79 Å². The summed E-state index contributed by atoms with van der Waals surface area (Å²) in [5, 5.41) is -0.450. The molecular formula is C4H3Cl4NO2. The van der Waals surface area contributed by atoms with Crippen LogP contribution < -0.4 is 0 Å². The Morgan fingerprint density at radius 3 is 2.18 bits per heavy atom. The van der Waals surface area contributed by atoms with Crippen LogP contribution in [0.25, 0.3) is 0 Å². The van der Waals surface area contributed by atoms with Crippen molar-refractivity contribution in [2.45, 2.75) is 3.79 Å². The third-order valence-electron chi connectivity index (χ3n) is 0.598. The molecule has 0 heterocycles. The van der Waals surface area contributed by atoms with E-state index in [2.05, 4.69) is 9.73 Å². The van der Waals surface area contributed by atoms with Gasteiger partial charge in [0, 0.05) is 0 Å². The number of rotatable bonds is 0. The van der Waals surface area contributed by atoms with E-state index in [1.54, 1.807) is 0 Å². The lowest BCUT2D eigenvalue weighted by Crippen LogP contribution is -2.14. The normalized spacial score (nSPS) is 13.0. The Morgan fingerprint density at radius 1 is 1.45 bits per heavy atom. The van der Waals surface area contributed by atoms with Crippen LogP contribution in [0.15, 0.2) is 4.99 Å². The highest BCUT2D eigenvalue weighted by Gasteiger charge is 2.27. The molecule has 0 saturated heterocycles. The summed E-state index contributed by atoms with van der Waals surface area (Å²) >= 11 is 21.0. The number of nitrogens with zero attached hydrogens (tertiary/aromatic N) is 1. The molecule has 11 heavy (non-hydrogen) atoms. The predicted octanol–water partition coefficient (Wildman–Crippen LogP) is 2.76. The number of alkyl halides is 3. The van der Waals surface area contributed by atoms with Crippen LogP contribution in [-0.2, 0) is 4.74 Å². The first kappa shape index (κ1) is 11.3. The molecule has 0 aliphatic rings. The van der Waals surface area contributed by atoms with Gasteiger partial charge in [-0.1, -0.05) is 46.4 Å². The maximum Gasteiger partial charge on any atom is 0.434 e. The molecule has 0 aromatic heterocycles. The topological polar surface area (TPSA) is 38.7 Å². The van der Waals surface area contributed by atoms with Gasteiger partial charge in [-0.25, -0.2) is 4.79 Å². The van der Waals surface area contributed by atoms with Crippen LogP contribution in [0, 0.1) is 0 Å². The highest BCUT2D eigenvalue weighted by Crippen LogP contribution is 2.29. The average Bonchev–Trinajstić information content (AvgIpc) is 1.85. The molecule has 1 amide bonds. The van der Waals surface area contributed by atoms with Crippen molar-refractivity contribution in [1.82, 2.24) is 0 Å². The Hall–Kier alpha value is 0.300. The summed E-state index contributed by atoms with van der Waals surface area (Å²) in [5.74, 6) is 0. The number of halogens is 4. The molecule has 0 aliphatic carbocycles. The first-order valence-corrected chi connectivity index (χ1v) is 3.78. The molecule has 0 saturated carbocycles. The zero-order chi connectivity index (χ0) is 9.07. The monoisotopic (exact) mass is 237 g/mol. The van der Waals surface area contributed by atoms with Crippen LogP contribution in [-0.4, -0.2) is 22.2 Å². The minimum Gasteiger partial charge on any atom is -0.451 e. The van der Waals surface area contributed by atoms with E-state index in [0.29, 0.717) is 0 Å². The zero-order valence-corrected chi connectivity index (χ0v) is 8.30. The van der Waals surface area contributed by atoms with Gasteiger partial charge in [0.1, 0.15) is 0 Å². The number of amides is 1. The van der Waals surface area contributed by atoms with Crippen molar-refractivity contribution >= 4 is 57.7 Å². The molecule has 0 aromatic carbocycles. The van der Waals surface area contributed by atoms with Gasteiger partial charge in [0.2, 0.25) is 3.79 Å². The largest absolute Gasteiger partial charge is 0.451 e. The van der Waals surface area contributed by atoms with Gasteiger partial charge >= 0.3 is 6.09 Å². The van der Waals surface area contributed by atoms with E-state index in [-0.39, 0.29) is 0 Å². The molecule has 0 spiro atoms. The smallest absolute Gasteiger partial charge is 0.434 e. The first-order valence-electron chi connectivity index (χ1n) is 2.27. The van der Waals surface area contributed by atoms with Crippen LogP contribution >= 0.6 is 46.4 Å². The van der Waals surface area contributed by atoms with Gasteiger partial charge in [-0.05, 0) is 0 Å². The Balaban J connectivity index is 4.35. The Kier molecular flexibility index (Phi) is 4.48. The van der Waals surface area contributed by atoms with Crippen molar-refractivity contribution in [3.05, 3.63) is 0 Å². The minimum atomic E-state index is -1.88. The van der Waals surface area contributed by atoms with Gasteiger partial charge in [-0.3, -0.25) is 0 Å². The Labute approximate surface area is 83.2 Å².